The number of ether oxygens (including phenoxy) is 5. The van der Waals surface area contributed by atoms with E-state index in [1.165, 1.54) is 0 Å². The average Bonchev–Trinajstić information content (AvgIpc) is 2.82. The second-order valence-corrected chi connectivity index (χ2v) is 10.1. The van der Waals surface area contributed by atoms with Crippen LogP contribution in [0.2, 0.25) is 0 Å². The molecule has 3 saturated heterocycles. The summed E-state index contributed by atoms with van der Waals surface area (Å²) >= 11 is 0. The zero-order chi connectivity index (χ0) is 26.3. The van der Waals surface area contributed by atoms with Gasteiger partial charge in [0, 0.05) is 12.1 Å². The summed E-state index contributed by atoms with van der Waals surface area (Å²) < 4.78 is 43.8. The molecule has 4 aliphatic rings. The maximum absolute atomic E-state index is 14.6. The summed E-state index contributed by atoms with van der Waals surface area (Å²) in [6.45, 7) is -0.500. The Morgan fingerprint density at radius 1 is 0.861 bits per heavy atom. The third-order valence-electron chi connectivity index (χ3n) is 7.53. The van der Waals surface area contributed by atoms with Gasteiger partial charge < -0.3 is 72.4 Å². The fourth-order valence-corrected chi connectivity index (χ4v) is 5.44. The summed E-state index contributed by atoms with van der Waals surface area (Å²) in [6, 6.07) is -3.58. The molecule has 13 N–H and O–H groups in total. The number of hydrogen-bond acceptors (Lipinski definition) is 14. The molecule has 36 heavy (non-hydrogen) atoms. The number of hydrogen-bond donors (Lipinski definition) is 9. The molecule has 16 atom stereocenters. The molecule has 0 amide bonds. The molecule has 4 fully saturated rings. The molecular weight excluding hydrogens is 485 g/mol. The molecule has 3 aliphatic heterocycles. The van der Waals surface area contributed by atoms with Crippen LogP contribution in [0.3, 0.4) is 0 Å². The maximum Gasteiger partial charge on any atom is 0.189 e. The van der Waals surface area contributed by atoms with Gasteiger partial charge in [0.15, 0.2) is 18.9 Å². The highest BCUT2D eigenvalue weighted by atomic mass is 19.1. The Bertz CT molecular complexity index is 717. The van der Waals surface area contributed by atoms with Crippen molar-refractivity contribution in [2.75, 3.05) is 13.7 Å². The van der Waals surface area contributed by atoms with Gasteiger partial charge in [0.25, 0.3) is 0 Å². The van der Waals surface area contributed by atoms with Gasteiger partial charge in [0.1, 0.15) is 42.8 Å². The molecule has 0 aromatic rings. The first-order valence-corrected chi connectivity index (χ1v) is 12.3. The third kappa shape index (κ3) is 5.55. The molecule has 1 saturated carbocycles. The van der Waals surface area contributed by atoms with Crippen LogP contribution in [0.4, 0.5) is 4.39 Å². The fourth-order valence-electron chi connectivity index (χ4n) is 5.44. The van der Waals surface area contributed by atoms with Crippen LogP contribution in [0.15, 0.2) is 0 Å². The first kappa shape index (κ1) is 28.4. The minimum Gasteiger partial charge on any atom is -0.394 e. The SMILES string of the molecule is CNC1C(O[C@H]2OC(CO)[C@@H](N)C(O)C2O)O[C@H]2CC(N)[C@@H](O[C@@H]3C(N)C[C@@H](N)CC3F)OC2C1O. The molecular formula is C21H40FN5O9. The van der Waals surface area contributed by atoms with Crippen molar-refractivity contribution in [1.82, 2.24) is 5.32 Å². The van der Waals surface area contributed by atoms with Gasteiger partial charge in [0.05, 0.1) is 30.8 Å². The van der Waals surface area contributed by atoms with Crippen molar-refractivity contribution in [3.63, 3.8) is 0 Å². The molecule has 15 heteroatoms. The van der Waals surface area contributed by atoms with Crippen molar-refractivity contribution >= 4 is 0 Å². The summed E-state index contributed by atoms with van der Waals surface area (Å²) in [5.41, 5.74) is 23.9. The van der Waals surface area contributed by atoms with Gasteiger partial charge in [-0.3, -0.25) is 0 Å². The molecule has 14 nitrogen and oxygen atoms in total. The van der Waals surface area contributed by atoms with Gasteiger partial charge in [-0.1, -0.05) is 0 Å². The Kier molecular flexibility index (Phi) is 9.17. The van der Waals surface area contributed by atoms with Crippen LogP contribution in [0, 0.1) is 0 Å². The highest BCUT2D eigenvalue weighted by Crippen LogP contribution is 2.35. The van der Waals surface area contributed by atoms with Crippen molar-refractivity contribution in [2.45, 2.75) is 117 Å². The summed E-state index contributed by atoms with van der Waals surface area (Å²) in [6.07, 6.45) is -11.9. The second kappa shape index (κ2) is 11.6. The zero-order valence-electron chi connectivity index (χ0n) is 20.1. The maximum atomic E-state index is 14.6. The lowest BCUT2D eigenvalue weighted by molar-refractivity contribution is -0.372. The first-order chi connectivity index (χ1) is 17.0. The zero-order valence-corrected chi connectivity index (χ0v) is 20.1. The van der Waals surface area contributed by atoms with E-state index >= 15 is 0 Å². The lowest BCUT2D eigenvalue weighted by Crippen LogP contribution is -2.70. The minimum absolute atomic E-state index is 0.116. The summed E-state index contributed by atoms with van der Waals surface area (Å²) in [7, 11) is 1.56. The van der Waals surface area contributed by atoms with E-state index in [0.29, 0.717) is 6.42 Å². The van der Waals surface area contributed by atoms with Crippen LogP contribution < -0.4 is 28.3 Å². The number of aliphatic hydroxyl groups excluding tert-OH is 4. The van der Waals surface area contributed by atoms with Crippen LogP contribution in [-0.4, -0.2) is 132 Å². The second-order valence-electron chi connectivity index (χ2n) is 10.1. The molecule has 10 unspecified atom stereocenters. The van der Waals surface area contributed by atoms with Crippen LogP contribution >= 0.6 is 0 Å². The highest BCUT2D eigenvalue weighted by Gasteiger charge is 2.53. The number of nitrogens with two attached hydrogens (primary N) is 4. The average molecular weight is 526 g/mol. The van der Waals surface area contributed by atoms with Crippen LogP contribution in [0.25, 0.3) is 0 Å². The molecule has 3 heterocycles. The Labute approximate surface area is 208 Å². The topological polar surface area (TPSA) is 243 Å². The smallest absolute Gasteiger partial charge is 0.189 e. The normalized spacial score (nSPS) is 54.2. The molecule has 0 bridgehead atoms. The number of aliphatic hydroxyl groups is 4. The third-order valence-corrected chi connectivity index (χ3v) is 7.53. The van der Waals surface area contributed by atoms with E-state index < -0.39 is 98.5 Å². The Balaban J connectivity index is 1.43. The van der Waals surface area contributed by atoms with E-state index in [1.54, 1.807) is 7.05 Å². The quantitative estimate of drug-likeness (QED) is 0.158. The largest absolute Gasteiger partial charge is 0.394 e. The molecule has 0 aromatic carbocycles. The van der Waals surface area contributed by atoms with Gasteiger partial charge in [-0.2, -0.15) is 0 Å². The Hall–Kier alpha value is -0.630. The molecule has 0 radical (unpaired) electrons. The van der Waals surface area contributed by atoms with Gasteiger partial charge in [-0.25, -0.2) is 4.39 Å². The predicted octanol–water partition coefficient (Wildman–Crippen LogP) is -4.94. The van der Waals surface area contributed by atoms with E-state index in [-0.39, 0.29) is 18.9 Å². The summed E-state index contributed by atoms with van der Waals surface area (Å²) in [4.78, 5) is 0. The molecule has 0 spiro atoms. The van der Waals surface area contributed by atoms with E-state index in [0.717, 1.165) is 0 Å². The van der Waals surface area contributed by atoms with Gasteiger partial charge >= 0.3 is 0 Å². The number of halogens is 1. The molecule has 4 rings (SSSR count). The van der Waals surface area contributed by atoms with E-state index in [1.807, 2.05) is 0 Å². The van der Waals surface area contributed by atoms with E-state index in [2.05, 4.69) is 5.32 Å². The van der Waals surface area contributed by atoms with E-state index in [4.69, 9.17) is 46.6 Å². The summed E-state index contributed by atoms with van der Waals surface area (Å²) in [5, 5.41) is 44.1. The standard InChI is InChI=1S/C21H40FN5O9/c1-27-13-15(30)18-10(32-20(13)36-21-16(31)14(29)12(26)11(5-28)33-21)4-9(25)19(35-18)34-17-7(22)2-6(23)3-8(17)24/h6-21,27-31H,2-5,23-26H2,1H3/t6-,7?,8?,9?,10-,11?,12+,13?,14?,15?,16?,17-,18?,19-,20?,21+/m0/s1. The summed E-state index contributed by atoms with van der Waals surface area (Å²) in [5.74, 6) is 0. The van der Waals surface area contributed by atoms with Gasteiger partial charge in [-0.15, -0.1) is 0 Å². The lowest BCUT2D eigenvalue weighted by Gasteiger charge is -2.51. The minimum atomic E-state index is -1.53. The van der Waals surface area contributed by atoms with Crippen LogP contribution in [0.1, 0.15) is 19.3 Å². The highest BCUT2D eigenvalue weighted by molar-refractivity contribution is 5.00. The van der Waals surface area contributed by atoms with E-state index in [9.17, 15) is 24.8 Å². The van der Waals surface area contributed by atoms with Crippen molar-refractivity contribution in [3.8, 4) is 0 Å². The first-order valence-electron chi connectivity index (χ1n) is 12.3. The number of nitrogens with one attached hydrogen (secondary N) is 1. The lowest BCUT2D eigenvalue weighted by atomic mass is 9.87. The number of likely N-dealkylation sites (N-methyl/N-ethyl adjacent to an activating group) is 1. The molecule has 210 valence electrons. The number of fused-ring (bicyclic) bond motifs is 1. The van der Waals surface area contributed by atoms with Crippen molar-refractivity contribution in [3.05, 3.63) is 0 Å². The number of rotatable bonds is 6. The predicted molar refractivity (Wildman–Crippen MR) is 121 cm³/mol. The monoisotopic (exact) mass is 525 g/mol. The Morgan fingerprint density at radius 3 is 2.22 bits per heavy atom. The number of alkyl halides is 1. The Morgan fingerprint density at radius 2 is 1.58 bits per heavy atom. The van der Waals surface area contributed by atoms with Gasteiger partial charge in [-0.05, 0) is 26.3 Å². The van der Waals surface area contributed by atoms with Crippen LogP contribution in [-0.2, 0) is 23.7 Å². The van der Waals surface area contributed by atoms with Crippen LogP contribution in [0.5, 0.6) is 0 Å². The van der Waals surface area contributed by atoms with Gasteiger partial charge in [0.2, 0.25) is 0 Å². The molecule has 1 aliphatic carbocycles. The van der Waals surface area contributed by atoms with Crippen molar-refractivity contribution < 1.29 is 48.5 Å². The molecule has 0 aromatic heterocycles. The fraction of sp³-hybridized carbons (Fsp3) is 1.00. The van der Waals surface area contributed by atoms with Crippen molar-refractivity contribution in [2.24, 2.45) is 22.9 Å². The van der Waals surface area contributed by atoms with Crippen molar-refractivity contribution in [1.29, 1.82) is 0 Å².